The van der Waals surface area contributed by atoms with Gasteiger partial charge >= 0.3 is 6.01 Å². The van der Waals surface area contributed by atoms with Crippen LogP contribution in [0.15, 0.2) is 24.4 Å². The highest BCUT2D eigenvalue weighted by atomic mass is 35.5. The topological polar surface area (TPSA) is 97.7 Å². The highest BCUT2D eigenvalue weighted by molar-refractivity contribution is 6.34. The molecule has 3 aromatic heterocycles. The van der Waals surface area contributed by atoms with E-state index in [1.807, 2.05) is 7.05 Å². The lowest BCUT2D eigenvalue weighted by molar-refractivity contribution is 0.00337. The zero-order chi connectivity index (χ0) is 27.3. The smallest absolute Gasteiger partial charge is 0.319 e. The third-order valence-electron chi connectivity index (χ3n) is 7.51. The summed E-state index contributed by atoms with van der Waals surface area (Å²) in [6.45, 7) is 1.06. The molecule has 2 saturated heterocycles. The van der Waals surface area contributed by atoms with Gasteiger partial charge in [0.05, 0.1) is 11.6 Å². The summed E-state index contributed by atoms with van der Waals surface area (Å²) in [7, 11) is 2.01. The Balaban J connectivity index is 1.51. The van der Waals surface area contributed by atoms with Gasteiger partial charge in [-0.25, -0.2) is 17.7 Å². The Labute approximate surface area is 227 Å². The molecule has 39 heavy (non-hydrogen) atoms. The van der Waals surface area contributed by atoms with Gasteiger partial charge < -0.3 is 20.3 Å². The minimum absolute atomic E-state index is 0.0269. The molecule has 5 heterocycles. The number of hydrogen-bond acceptors (Lipinski definition) is 8. The van der Waals surface area contributed by atoms with Gasteiger partial charge in [-0.1, -0.05) is 11.6 Å². The van der Waals surface area contributed by atoms with Gasteiger partial charge in [0.25, 0.3) is 5.92 Å². The second-order valence-electron chi connectivity index (χ2n) is 10.3. The number of benzene rings is 1. The second-order valence-corrected chi connectivity index (χ2v) is 10.7. The number of hydrogen-bond donors (Lipinski definition) is 1. The van der Waals surface area contributed by atoms with E-state index in [1.165, 1.54) is 15.5 Å². The van der Waals surface area contributed by atoms with E-state index in [9.17, 15) is 8.78 Å². The Morgan fingerprint density at radius 1 is 1.18 bits per heavy atom. The van der Waals surface area contributed by atoms with Crippen molar-refractivity contribution >= 4 is 39.9 Å². The molecule has 2 aliphatic heterocycles. The molecule has 0 radical (unpaired) electrons. The number of ether oxygens (including phenoxy) is 1. The molecule has 0 spiro atoms. The zero-order valence-electron chi connectivity index (χ0n) is 21.4. The standard InChI is InChI=1S/C26H28ClF3N8O/c1-36-9-4-6-15(36)13-39-25-32-21-17(22(34-25)37-10-3-2-8-26(29,30)14-37)12-18(27)19(20(21)28)16-7-5-11-38-23(16)33-24(31)35-38/h5,7,11-12,15H,2-4,6,8-10,13-14H2,1H3,(H2,31,35)/t15-/m0/s1. The van der Waals surface area contributed by atoms with Gasteiger partial charge in [-0.2, -0.15) is 15.0 Å². The van der Waals surface area contributed by atoms with Crippen molar-refractivity contribution in [2.24, 2.45) is 0 Å². The van der Waals surface area contributed by atoms with Crippen LogP contribution in [0.3, 0.4) is 0 Å². The van der Waals surface area contributed by atoms with Gasteiger partial charge in [0.15, 0.2) is 11.5 Å². The first-order valence-corrected chi connectivity index (χ1v) is 13.3. The molecule has 0 unspecified atom stereocenters. The largest absolute Gasteiger partial charge is 0.462 e. The van der Waals surface area contributed by atoms with Crippen LogP contribution >= 0.6 is 11.6 Å². The number of alkyl halides is 2. The molecule has 1 atom stereocenters. The SMILES string of the molecule is CN1CCC[C@H]1COc1nc(N2CCCCC(F)(F)C2)c2cc(Cl)c(-c3cccn4nc(N)nc34)c(F)c2n1. The first-order valence-electron chi connectivity index (χ1n) is 13.0. The summed E-state index contributed by atoms with van der Waals surface area (Å²) in [5.41, 5.74) is 6.44. The summed E-state index contributed by atoms with van der Waals surface area (Å²) < 4.78 is 53.1. The molecule has 2 aliphatic rings. The van der Waals surface area contributed by atoms with Crippen LogP contribution in [-0.4, -0.2) is 74.7 Å². The van der Waals surface area contributed by atoms with Gasteiger partial charge in [-0.05, 0) is 57.5 Å². The number of nitrogens with two attached hydrogens (primary N) is 1. The molecule has 0 aliphatic carbocycles. The number of likely N-dealkylation sites (tertiary alicyclic amines) is 1. The van der Waals surface area contributed by atoms with E-state index in [-0.39, 0.29) is 51.7 Å². The molecule has 206 valence electrons. The predicted molar refractivity (Wildman–Crippen MR) is 143 cm³/mol. The summed E-state index contributed by atoms with van der Waals surface area (Å²) in [5.74, 6) is -3.44. The monoisotopic (exact) mass is 560 g/mol. The fourth-order valence-electron chi connectivity index (χ4n) is 5.50. The highest BCUT2D eigenvalue weighted by Gasteiger charge is 2.35. The van der Waals surface area contributed by atoms with Crippen LogP contribution in [0.1, 0.15) is 32.1 Å². The maximum absolute atomic E-state index is 16.4. The van der Waals surface area contributed by atoms with E-state index in [1.54, 1.807) is 18.3 Å². The van der Waals surface area contributed by atoms with E-state index >= 15 is 4.39 Å². The summed E-state index contributed by atoms with van der Waals surface area (Å²) in [5, 5.41) is 4.38. The van der Waals surface area contributed by atoms with Crippen LogP contribution in [0, 0.1) is 5.82 Å². The van der Waals surface area contributed by atoms with Crippen molar-refractivity contribution in [1.82, 2.24) is 29.5 Å². The number of nitrogen functional groups attached to an aromatic ring is 1. The Morgan fingerprint density at radius 3 is 2.82 bits per heavy atom. The molecule has 2 N–H and O–H groups in total. The normalized spacial score (nSPS) is 20.1. The third-order valence-corrected chi connectivity index (χ3v) is 7.81. The van der Waals surface area contributed by atoms with Crippen LogP contribution in [0.2, 0.25) is 5.02 Å². The van der Waals surface area contributed by atoms with Crippen LogP contribution < -0.4 is 15.4 Å². The number of nitrogens with zero attached hydrogens (tertiary/aromatic N) is 7. The fourth-order valence-corrected chi connectivity index (χ4v) is 5.79. The summed E-state index contributed by atoms with van der Waals surface area (Å²) in [6.07, 6.45) is 4.36. The Morgan fingerprint density at radius 2 is 2.03 bits per heavy atom. The number of likely N-dealkylation sites (N-methyl/N-ethyl adjacent to an activating group) is 1. The lowest BCUT2D eigenvalue weighted by atomic mass is 10.0. The van der Waals surface area contributed by atoms with E-state index < -0.39 is 18.3 Å². The Hall–Kier alpha value is -3.38. The van der Waals surface area contributed by atoms with Crippen molar-refractivity contribution in [2.45, 2.75) is 44.1 Å². The fraction of sp³-hybridized carbons (Fsp3) is 0.462. The summed E-state index contributed by atoms with van der Waals surface area (Å²) >= 11 is 6.66. The predicted octanol–water partition coefficient (Wildman–Crippen LogP) is 4.81. The maximum atomic E-state index is 16.4. The number of anilines is 2. The molecule has 0 bridgehead atoms. The van der Waals surface area contributed by atoms with Gasteiger partial charge in [-0.15, -0.1) is 5.10 Å². The molecule has 0 saturated carbocycles. The average Bonchev–Trinajstić information content (AvgIpc) is 3.43. The third kappa shape index (κ3) is 4.91. The van der Waals surface area contributed by atoms with Gasteiger partial charge in [-0.3, -0.25) is 0 Å². The minimum Gasteiger partial charge on any atom is -0.462 e. The highest BCUT2D eigenvalue weighted by Crippen LogP contribution is 2.41. The van der Waals surface area contributed by atoms with Crippen molar-refractivity contribution in [3.8, 4) is 17.1 Å². The zero-order valence-corrected chi connectivity index (χ0v) is 22.1. The van der Waals surface area contributed by atoms with Crippen molar-refractivity contribution in [3.63, 3.8) is 0 Å². The van der Waals surface area contributed by atoms with E-state index in [0.717, 1.165) is 19.4 Å². The molecule has 6 rings (SSSR count). The number of fused-ring (bicyclic) bond motifs is 2. The van der Waals surface area contributed by atoms with E-state index in [2.05, 4.69) is 25.0 Å². The van der Waals surface area contributed by atoms with E-state index in [0.29, 0.717) is 37.2 Å². The van der Waals surface area contributed by atoms with Crippen molar-refractivity contribution < 1.29 is 17.9 Å². The summed E-state index contributed by atoms with van der Waals surface area (Å²) in [4.78, 5) is 16.8. The molecule has 13 heteroatoms. The van der Waals surface area contributed by atoms with Crippen LogP contribution in [0.4, 0.5) is 24.9 Å². The van der Waals surface area contributed by atoms with E-state index in [4.69, 9.17) is 22.1 Å². The van der Waals surface area contributed by atoms with Gasteiger partial charge in [0.2, 0.25) is 5.95 Å². The lowest BCUT2D eigenvalue weighted by Gasteiger charge is -2.27. The first kappa shape index (κ1) is 25.9. The molecular weight excluding hydrogens is 533 g/mol. The quantitative estimate of drug-likeness (QED) is 0.371. The van der Waals surface area contributed by atoms with Crippen LogP contribution in [0.25, 0.3) is 27.7 Å². The Kier molecular flexibility index (Phi) is 6.62. The van der Waals surface area contributed by atoms with Gasteiger partial charge in [0.1, 0.15) is 17.9 Å². The number of pyridine rings is 1. The summed E-state index contributed by atoms with van der Waals surface area (Å²) in [6, 6.07) is 4.95. The molecule has 2 fully saturated rings. The van der Waals surface area contributed by atoms with Crippen LogP contribution in [-0.2, 0) is 0 Å². The molecule has 4 aromatic rings. The second kappa shape index (κ2) is 9.98. The molecule has 9 nitrogen and oxygen atoms in total. The average molecular weight is 561 g/mol. The molecule has 0 amide bonds. The minimum atomic E-state index is -2.91. The van der Waals surface area contributed by atoms with Crippen LogP contribution in [0.5, 0.6) is 6.01 Å². The van der Waals surface area contributed by atoms with Gasteiger partial charge in [0, 0.05) is 41.7 Å². The first-order chi connectivity index (χ1) is 18.7. The number of rotatable bonds is 5. The Bertz CT molecular complexity index is 1550. The molecule has 1 aromatic carbocycles. The maximum Gasteiger partial charge on any atom is 0.319 e. The van der Waals surface area contributed by atoms with Crippen molar-refractivity contribution in [2.75, 3.05) is 43.9 Å². The van der Waals surface area contributed by atoms with Crippen molar-refractivity contribution in [1.29, 1.82) is 0 Å². The number of aromatic nitrogens is 5. The van der Waals surface area contributed by atoms with Crippen molar-refractivity contribution in [3.05, 3.63) is 35.2 Å². The number of halogens is 4. The lowest BCUT2D eigenvalue weighted by Crippen LogP contribution is -2.36. The molecular formula is C26H28ClF3N8O.